The molecule has 0 spiro atoms. The van der Waals surface area contributed by atoms with E-state index < -0.39 is 0 Å². The van der Waals surface area contributed by atoms with Gasteiger partial charge in [-0.2, -0.15) is 0 Å². The number of benzene rings is 1. The molecule has 2 saturated heterocycles. The highest BCUT2D eigenvalue weighted by atomic mass is 32.1. The zero-order valence-corrected chi connectivity index (χ0v) is 19.8. The molecule has 6 heteroatoms. The van der Waals surface area contributed by atoms with Gasteiger partial charge in [-0.25, -0.2) is 4.98 Å². The SMILES string of the molecule is Cc1ccccc1CN1CCC(N2CCC(C(=O)NCCc3scnc3C)CC2)CC1. The number of carbonyl (C=O) groups is 1. The van der Waals surface area contributed by atoms with Crippen LogP contribution in [0.4, 0.5) is 0 Å². The normalized spacial score (nSPS) is 19.5. The first kappa shape index (κ1) is 22.4. The van der Waals surface area contributed by atoms with Crippen molar-refractivity contribution in [3.05, 3.63) is 51.5 Å². The molecule has 4 rings (SSSR count). The van der Waals surface area contributed by atoms with Gasteiger partial charge in [0, 0.05) is 36.3 Å². The minimum Gasteiger partial charge on any atom is -0.355 e. The summed E-state index contributed by atoms with van der Waals surface area (Å²) in [5, 5.41) is 3.16. The van der Waals surface area contributed by atoms with Crippen LogP contribution >= 0.6 is 11.3 Å². The number of nitrogens with one attached hydrogen (secondary N) is 1. The lowest BCUT2D eigenvalue weighted by Gasteiger charge is -2.41. The molecule has 1 N–H and O–H groups in total. The minimum atomic E-state index is 0.181. The van der Waals surface area contributed by atoms with E-state index in [0.29, 0.717) is 6.04 Å². The molecule has 2 aliphatic rings. The van der Waals surface area contributed by atoms with Gasteiger partial charge in [0.05, 0.1) is 11.2 Å². The molecule has 0 aliphatic carbocycles. The van der Waals surface area contributed by atoms with E-state index in [1.807, 2.05) is 12.4 Å². The summed E-state index contributed by atoms with van der Waals surface area (Å²) >= 11 is 1.68. The summed E-state index contributed by atoms with van der Waals surface area (Å²) in [6.07, 6.45) is 5.37. The largest absolute Gasteiger partial charge is 0.355 e. The molecule has 1 aromatic heterocycles. The van der Waals surface area contributed by atoms with Crippen molar-refractivity contribution in [1.29, 1.82) is 0 Å². The van der Waals surface area contributed by atoms with Crippen molar-refractivity contribution in [2.24, 2.45) is 5.92 Å². The van der Waals surface area contributed by atoms with E-state index in [1.54, 1.807) is 11.3 Å². The highest BCUT2D eigenvalue weighted by Gasteiger charge is 2.30. The van der Waals surface area contributed by atoms with Crippen LogP contribution in [0, 0.1) is 19.8 Å². The van der Waals surface area contributed by atoms with Crippen molar-refractivity contribution in [2.75, 3.05) is 32.7 Å². The fourth-order valence-electron chi connectivity index (χ4n) is 5.01. The Morgan fingerprint density at radius 3 is 2.52 bits per heavy atom. The molecule has 31 heavy (non-hydrogen) atoms. The molecular weight excluding hydrogens is 404 g/mol. The lowest BCUT2D eigenvalue weighted by Crippen LogP contribution is -2.49. The summed E-state index contributed by atoms with van der Waals surface area (Å²) in [7, 11) is 0. The van der Waals surface area contributed by atoms with Crippen molar-refractivity contribution in [2.45, 2.75) is 58.5 Å². The van der Waals surface area contributed by atoms with Gasteiger partial charge in [0.15, 0.2) is 0 Å². The van der Waals surface area contributed by atoms with Crippen molar-refractivity contribution < 1.29 is 4.79 Å². The monoisotopic (exact) mass is 440 g/mol. The molecule has 0 bridgehead atoms. The molecule has 0 radical (unpaired) electrons. The predicted molar refractivity (Wildman–Crippen MR) is 127 cm³/mol. The molecule has 2 aliphatic heterocycles. The maximum Gasteiger partial charge on any atom is 0.223 e. The summed E-state index contributed by atoms with van der Waals surface area (Å²) in [5.41, 5.74) is 5.83. The number of hydrogen-bond donors (Lipinski definition) is 1. The Balaban J connectivity index is 1.15. The van der Waals surface area contributed by atoms with E-state index in [0.717, 1.165) is 51.1 Å². The van der Waals surface area contributed by atoms with E-state index >= 15 is 0 Å². The molecule has 2 aromatic rings. The number of likely N-dealkylation sites (tertiary alicyclic amines) is 2. The van der Waals surface area contributed by atoms with Gasteiger partial charge < -0.3 is 10.2 Å². The van der Waals surface area contributed by atoms with Crippen LogP contribution in [0.2, 0.25) is 0 Å². The van der Waals surface area contributed by atoms with Crippen LogP contribution < -0.4 is 5.32 Å². The summed E-state index contributed by atoms with van der Waals surface area (Å²) in [6, 6.07) is 9.43. The lowest BCUT2D eigenvalue weighted by atomic mass is 9.92. The van der Waals surface area contributed by atoms with E-state index in [2.05, 4.69) is 51.3 Å². The molecular formula is C25H36N4OS. The van der Waals surface area contributed by atoms with Crippen LogP contribution in [0.15, 0.2) is 29.8 Å². The van der Waals surface area contributed by atoms with Gasteiger partial charge in [0.25, 0.3) is 0 Å². The van der Waals surface area contributed by atoms with Gasteiger partial charge in [-0.15, -0.1) is 11.3 Å². The molecule has 5 nitrogen and oxygen atoms in total. The highest BCUT2D eigenvalue weighted by Crippen LogP contribution is 2.25. The third kappa shape index (κ3) is 5.93. The van der Waals surface area contributed by atoms with E-state index in [1.165, 1.54) is 41.9 Å². The van der Waals surface area contributed by atoms with Crippen LogP contribution in [-0.2, 0) is 17.8 Å². The van der Waals surface area contributed by atoms with Gasteiger partial charge in [-0.05, 0) is 76.8 Å². The Labute approximate surface area is 190 Å². The van der Waals surface area contributed by atoms with Crippen LogP contribution in [0.25, 0.3) is 0 Å². The zero-order chi connectivity index (χ0) is 21.6. The molecule has 0 unspecified atom stereocenters. The summed E-state index contributed by atoms with van der Waals surface area (Å²) in [4.78, 5) is 23.4. The first-order chi connectivity index (χ1) is 15.1. The maximum absolute atomic E-state index is 12.6. The Kier molecular flexibility index (Phi) is 7.75. The molecule has 0 saturated carbocycles. The van der Waals surface area contributed by atoms with E-state index in [-0.39, 0.29) is 11.8 Å². The van der Waals surface area contributed by atoms with Gasteiger partial charge in [0.2, 0.25) is 5.91 Å². The standard InChI is InChI=1S/C25H36N4OS/c1-19-5-3-4-6-22(19)17-28-13-10-23(11-14-28)29-15-8-21(9-16-29)25(30)26-12-7-24-20(2)27-18-31-24/h3-6,18,21,23H,7-17H2,1-2H3,(H,26,30). The zero-order valence-electron chi connectivity index (χ0n) is 19.0. The van der Waals surface area contributed by atoms with Crippen LogP contribution in [0.1, 0.15) is 47.4 Å². The molecule has 0 atom stereocenters. The average Bonchev–Trinajstić information content (AvgIpc) is 3.20. The van der Waals surface area contributed by atoms with Crippen molar-refractivity contribution in [1.82, 2.24) is 20.1 Å². The Bertz CT molecular complexity index is 851. The first-order valence-electron chi connectivity index (χ1n) is 11.8. The van der Waals surface area contributed by atoms with Gasteiger partial charge in [-0.3, -0.25) is 9.69 Å². The number of piperidine rings is 2. The highest BCUT2D eigenvalue weighted by molar-refractivity contribution is 7.09. The second-order valence-corrected chi connectivity index (χ2v) is 10.1. The third-order valence-electron chi connectivity index (χ3n) is 7.13. The van der Waals surface area contributed by atoms with Crippen LogP contribution in [-0.4, -0.2) is 59.5 Å². The molecule has 3 heterocycles. The van der Waals surface area contributed by atoms with Crippen molar-refractivity contribution >= 4 is 17.2 Å². The lowest BCUT2D eigenvalue weighted by molar-refractivity contribution is -0.126. The number of aromatic nitrogens is 1. The Hall–Kier alpha value is -1.76. The Morgan fingerprint density at radius 2 is 1.84 bits per heavy atom. The number of nitrogens with zero attached hydrogens (tertiary/aromatic N) is 3. The number of amides is 1. The number of rotatable bonds is 7. The second kappa shape index (κ2) is 10.7. The minimum absolute atomic E-state index is 0.181. The van der Waals surface area contributed by atoms with Crippen molar-refractivity contribution in [3.8, 4) is 0 Å². The first-order valence-corrected chi connectivity index (χ1v) is 12.7. The fraction of sp³-hybridized carbons (Fsp3) is 0.600. The fourth-order valence-corrected chi connectivity index (χ4v) is 5.79. The van der Waals surface area contributed by atoms with Crippen LogP contribution in [0.3, 0.4) is 0 Å². The van der Waals surface area contributed by atoms with E-state index in [4.69, 9.17) is 0 Å². The van der Waals surface area contributed by atoms with Gasteiger partial charge in [0.1, 0.15) is 0 Å². The molecule has 168 valence electrons. The summed E-state index contributed by atoms with van der Waals surface area (Å²) in [6.45, 7) is 10.5. The average molecular weight is 441 g/mol. The second-order valence-electron chi connectivity index (χ2n) is 9.15. The molecule has 1 aromatic carbocycles. The van der Waals surface area contributed by atoms with Crippen molar-refractivity contribution in [3.63, 3.8) is 0 Å². The number of aryl methyl sites for hydroxylation is 2. The summed E-state index contributed by atoms with van der Waals surface area (Å²) in [5.74, 6) is 0.426. The number of hydrogen-bond acceptors (Lipinski definition) is 5. The summed E-state index contributed by atoms with van der Waals surface area (Å²) < 4.78 is 0. The third-order valence-corrected chi connectivity index (χ3v) is 8.12. The molecule has 1 amide bonds. The van der Waals surface area contributed by atoms with Gasteiger partial charge >= 0.3 is 0 Å². The molecule has 2 fully saturated rings. The smallest absolute Gasteiger partial charge is 0.223 e. The quantitative estimate of drug-likeness (QED) is 0.712. The van der Waals surface area contributed by atoms with Crippen LogP contribution in [0.5, 0.6) is 0 Å². The van der Waals surface area contributed by atoms with Gasteiger partial charge in [-0.1, -0.05) is 24.3 Å². The van der Waals surface area contributed by atoms with E-state index in [9.17, 15) is 4.79 Å². The number of carbonyl (C=O) groups excluding carboxylic acids is 1. The predicted octanol–water partition coefficient (Wildman–Crippen LogP) is 3.80. The number of thiazole rings is 1. The Morgan fingerprint density at radius 1 is 1.10 bits per heavy atom. The topological polar surface area (TPSA) is 48.5 Å². The maximum atomic E-state index is 12.6.